The highest BCUT2D eigenvalue weighted by Gasteiger charge is 2.33. The lowest BCUT2D eigenvalue weighted by Gasteiger charge is -2.35. The zero-order chi connectivity index (χ0) is 14.9. The number of aryl methyl sites for hydroxylation is 1. The largest absolute Gasteiger partial charge is 0.327 e. The summed E-state index contributed by atoms with van der Waals surface area (Å²) in [5.41, 5.74) is 6.60. The molecule has 1 aliphatic heterocycles. The van der Waals surface area contributed by atoms with Crippen molar-refractivity contribution in [2.75, 3.05) is 13.1 Å². The Morgan fingerprint density at radius 1 is 1.40 bits per heavy atom. The number of sulfonamides is 1. The SMILES string of the molecule is CCC1CN(S(=O)(=O)c2cc(C)cc(F)c2)CCC1N. The van der Waals surface area contributed by atoms with Gasteiger partial charge in [0.1, 0.15) is 5.82 Å². The van der Waals surface area contributed by atoms with E-state index in [1.54, 1.807) is 6.92 Å². The minimum atomic E-state index is -3.64. The maximum absolute atomic E-state index is 13.4. The summed E-state index contributed by atoms with van der Waals surface area (Å²) < 4.78 is 40.0. The molecule has 0 aromatic heterocycles. The predicted molar refractivity (Wildman–Crippen MR) is 76.3 cm³/mol. The highest BCUT2D eigenvalue weighted by atomic mass is 32.2. The van der Waals surface area contributed by atoms with Crippen LogP contribution >= 0.6 is 0 Å². The number of rotatable bonds is 3. The van der Waals surface area contributed by atoms with E-state index >= 15 is 0 Å². The Morgan fingerprint density at radius 3 is 2.70 bits per heavy atom. The first-order chi connectivity index (χ1) is 9.34. The van der Waals surface area contributed by atoms with Crippen LogP contribution in [0.5, 0.6) is 0 Å². The molecule has 4 nitrogen and oxygen atoms in total. The van der Waals surface area contributed by atoms with E-state index in [2.05, 4.69) is 0 Å². The lowest BCUT2D eigenvalue weighted by Crippen LogP contribution is -2.48. The lowest BCUT2D eigenvalue weighted by molar-refractivity contribution is 0.230. The molecule has 0 aliphatic carbocycles. The number of hydrogen-bond acceptors (Lipinski definition) is 3. The van der Waals surface area contributed by atoms with Crippen molar-refractivity contribution >= 4 is 10.0 Å². The summed E-state index contributed by atoms with van der Waals surface area (Å²) in [7, 11) is -3.64. The van der Waals surface area contributed by atoms with E-state index in [-0.39, 0.29) is 16.9 Å². The van der Waals surface area contributed by atoms with Gasteiger partial charge in [0, 0.05) is 19.1 Å². The minimum Gasteiger partial charge on any atom is -0.327 e. The van der Waals surface area contributed by atoms with E-state index in [1.165, 1.54) is 16.4 Å². The number of piperidine rings is 1. The number of benzene rings is 1. The Hall–Kier alpha value is -0.980. The van der Waals surface area contributed by atoms with Gasteiger partial charge in [0.05, 0.1) is 4.90 Å². The first-order valence-corrected chi connectivity index (χ1v) is 8.31. The summed E-state index contributed by atoms with van der Waals surface area (Å²) in [6, 6.07) is 3.95. The summed E-state index contributed by atoms with van der Waals surface area (Å²) in [6.07, 6.45) is 1.49. The van der Waals surface area contributed by atoms with Crippen molar-refractivity contribution in [3.05, 3.63) is 29.6 Å². The second-order valence-electron chi connectivity index (χ2n) is 5.45. The van der Waals surface area contributed by atoms with Gasteiger partial charge in [-0.3, -0.25) is 0 Å². The van der Waals surface area contributed by atoms with Gasteiger partial charge in [-0.15, -0.1) is 0 Å². The van der Waals surface area contributed by atoms with E-state index in [0.29, 0.717) is 25.1 Å². The number of hydrogen-bond donors (Lipinski definition) is 1. The number of halogens is 1. The molecule has 6 heteroatoms. The van der Waals surface area contributed by atoms with Crippen LogP contribution in [0.1, 0.15) is 25.3 Å². The van der Waals surface area contributed by atoms with Crippen molar-refractivity contribution in [3.63, 3.8) is 0 Å². The highest BCUT2D eigenvalue weighted by molar-refractivity contribution is 7.89. The fraction of sp³-hybridized carbons (Fsp3) is 0.571. The molecule has 1 fully saturated rings. The maximum atomic E-state index is 13.4. The van der Waals surface area contributed by atoms with Crippen LogP contribution in [-0.2, 0) is 10.0 Å². The smallest absolute Gasteiger partial charge is 0.243 e. The summed E-state index contributed by atoms with van der Waals surface area (Å²) >= 11 is 0. The van der Waals surface area contributed by atoms with Crippen LogP contribution in [0.15, 0.2) is 23.1 Å². The van der Waals surface area contributed by atoms with Crippen LogP contribution < -0.4 is 5.73 Å². The van der Waals surface area contributed by atoms with Gasteiger partial charge in [-0.2, -0.15) is 4.31 Å². The summed E-state index contributed by atoms with van der Waals surface area (Å²) in [4.78, 5) is 0.0281. The fourth-order valence-electron chi connectivity index (χ4n) is 2.67. The van der Waals surface area contributed by atoms with Gasteiger partial charge in [0.25, 0.3) is 0 Å². The first-order valence-electron chi connectivity index (χ1n) is 6.87. The molecule has 1 heterocycles. The molecule has 20 heavy (non-hydrogen) atoms. The van der Waals surface area contributed by atoms with Crippen LogP contribution in [0.4, 0.5) is 4.39 Å². The summed E-state index contributed by atoms with van der Waals surface area (Å²) in [5, 5.41) is 0. The summed E-state index contributed by atoms with van der Waals surface area (Å²) in [6.45, 7) is 4.50. The van der Waals surface area contributed by atoms with Gasteiger partial charge >= 0.3 is 0 Å². The Labute approximate surface area is 119 Å². The molecule has 112 valence electrons. The third-order valence-corrected chi connectivity index (χ3v) is 5.78. The van der Waals surface area contributed by atoms with Crippen LogP contribution in [0.3, 0.4) is 0 Å². The third kappa shape index (κ3) is 3.02. The van der Waals surface area contributed by atoms with Crippen molar-refractivity contribution in [2.45, 2.75) is 37.6 Å². The van der Waals surface area contributed by atoms with Crippen LogP contribution in [0.25, 0.3) is 0 Å². The zero-order valence-corrected chi connectivity index (χ0v) is 12.7. The molecule has 0 amide bonds. The van der Waals surface area contributed by atoms with Crippen molar-refractivity contribution < 1.29 is 12.8 Å². The van der Waals surface area contributed by atoms with E-state index in [1.807, 2.05) is 6.92 Å². The molecule has 1 aliphatic rings. The molecular formula is C14H21FN2O2S. The molecule has 2 atom stereocenters. The second kappa shape index (κ2) is 5.79. The first kappa shape index (κ1) is 15.4. The number of nitrogens with two attached hydrogens (primary N) is 1. The second-order valence-corrected chi connectivity index (χ2v) is 7.39. The van der Waals surface area contributed by atoms with Crippen molar-refractivity contribution in [1.29, 1.82) is 0 Å². The van der Waals surface area contributed by atoms with E-state index in [4.69, 9.17) is 5.73 Å². The van der Waals surface area contributed by atoms with Crippen LogP contribution in [0, 0.1) is 18.7 Å². The Balaban J connectivity index is 2.30. The zero-order valence-electron chi connectivity index (χ0n) is 11.8. The summed E-state index contributed by atoms with van der Waals surface area (Å²) in [5.74, 6) is -0.363. The molecule has 0 saturated carbocycles. The van der Waals surface area contributed by atoms with E-state index in [9.17, 15) is 12.8 Å². The average molecular weight is 300 g/mol. The fourth-order valence-corrected chi connectivity index (χ4v) is 4.30. The van der Waals surface area contributed by atoms with Crippen LogP contribution in [-0.4, -0.2) is 31.9 Å². The molecule has 0 spiro atoms. The molecule has 2 N–H and O–H groups in total. The highest BCUT2D eigenvalue weighted by Crippen LogP contribution is 2.25. The van der Waals surface area contributed by atoms with Gasteiger partial charge in [-0.05, 0) is 43.0 Å². The third-order valence-electron chi connectivity index (χ3n) is 3.93. The van der Waals surface area contributed by atoms with Crippen LogP contribution in [0.2, 0.25) is 0 Å². The van der Waals surface area contributed by atoms with Gasteiger partial charge in [0.2, 0.25) is 10.0 Å². The predicted octanol–water partition coefficient (Wildman–Crippen LogP) is 1.88. The van der Waals surface area contributed by atoms with Gasteiger partial charge in [-0.1, -0.05) is 13.3 Å². The average Bonchev–Trinajstić information content (AvgIpc) is 2.37. The van der Waals surface area contributed by atoms with Gasteiger partial charge < -0.3 is 5.73 Å². The van der Waals surface area contributed by atoms with Gasteiger partial charge in [0.15, 0.2) is 0 Å². The molecule has 2 unspecified atom stereocenters. The molecule has 1 saturated heterocycles. The van der Waals surface area contributed by atoms with E-state index < -0.39 is 15.8 Å². The molecule has 0 radical (unpaired) electrons. The Morgan fingerprint density at radius 2 is 2.10 bits per heavy atom. The maximum Gasteiger partial charge on any atom is 0.243 e. The van der Waals surface area contributed by atoms with Gasteiger partial charge in [-0.25, -0.2) is 12.8 Å². The Kier molecular flexibility index (Phi) is 4.46. The molecule has 1 aromatic carbocycles. The number of nitrogens with zero attached hydrogens (tertiary/aromatic N) is 1. The van der Waals surface area contributed by atoms with E-state index in [0.717, 1.165) is 12.5 Å². The minimum absolute atomic E-state index is 0.0281. The molecule has 2 rings (SSSR count). The quantitative estimate of drug-likeness (QED) is 0.927. The molecular weight excluding hydrogens is 279 g/mol. The molecule has 1 aromatic rings. The topological polar surface area (TPSA) is 63.4 Å². The standard InChI is InChI=1S/C14H21FN2O2S/c1-3-11-9-17(5-4-14(11)16)20(18,19)13-7-10(2)6-12(15)8-13/h6-8,11,14H,3-5,9,16H2,1-2H3. The normalized spacial score (nSPS) is 24.8. The Bertz CT molecular complexity index is 569. The molecule has 0 bridgehead atoms. The van der Waals surface area contributed by atoms with Crippen molar-refractivity contribution in [2.24, 2.45) is 11.7 Å². The lowest BCUT2D eigenvalue weighted by atomic mass is 9.92. The van der Waals surface area contributed by atoms with Crippen molar-refractivity contribution in [3.8, 4) is 0 Å². The monoisotopic (exact) mass is 300 g/mol. The van der Waals surface area contributed by atoms with Crippen molar-refractivity contribution in [1.82, 2.24) is 4.31 Å².